The Labute approximate surface area is 160 Å². The number of hydrogen-bond donors (Lipinski definition) is 2. The summed E-state index contributed by atoms with van der Waals surface area (Å²) >= 11 is 0. The van der Waals surface area contributed by atoms with Crippen molar-refractivity contribution in [3.8, 4) is 11.5 Å². The van der Waals surface area contributed by atoms with Crippen molar-refractivity contribution in [2.45, 2.75) is 27.2 Å². The zero-order chi connectivity index (χ0) is 19.6. The van der Waals surface area contributed by atoms with E-state index < -0.39 is 0 Å². The molecule has 0 spiro atoms. The number of benzene rings is 1. The van der Waals surface area contributed by atoms with Crippen molar-refractivity contribution < 1.29 is 14.3 Å². The number of carbonyl (C=O) groups excluding carboxylic acids is 1. The van der Waals surface area contributed by atoms with Crippen LogP contribution in [-0.4, -0.2) is 42.7 Å². The van der Waals surface area contributed by atoms with Gasteiger partial charge in [0.05, 0.1) is 13.7 Å². The summed E-state index contributed by atoms with van der Waals surface area (Å²) in [6.45, 7) is 7.68. The minimum Gasteiger partial charge on any atom is -0.497 e. The second kappa shape index (κ2) is 10.4. The second-order valence-electron chi connectivity index (χ2n) is 6.61. The van der Waals surface area contributed by atoms with Crippen molar-refractivity contribution in [3.05, 3.63) is 41.7 Å². The molecule has 7 heteroatoms. The van der Waals surface area contributed by atoms with E-state index in [9.17, 15) is 4.79 Å². The maximum absolute atomic E-state index is 12.2. The lowest BCUT2D eigenvalue weighted by atomic mass is 10.1. The van der Waals surface area contributed by atoms with Crippen LogP contribution < -0.4 is 20.1 Å². The Kier molecular flexibility index (Phi) is 7.85. The summed E-state index contributed by atoms with van der Waals surface area (Å²) in [5.41, 5.74) is 1.10. The molecule has 1 amide bonds. The molecular formula is C20H28N4O3. The topological polar surface area (TPSA) is 85.4 Å². The monoisotopic (exact) mass is 372 g/mol. The van der Waals surface area contributed by atoms with Crippen LogP contribution in [0.4, 0.5) is 5.95 Å². The van der Waals surface area contributed by atoms with Crippen LogP contribution in [0, 0.1) is 12.8 Å². The highest BCUT2D eigenvalue weighted by Gasteiger charge is 2.10. The quantitative estimate of drug-likeness (QED) is 0.624. The summed E-state index contributed by atoms with van der Waals surface area (Å²) in [6, 6.07) is 9.07. The largest absolute Gasteiger partial charge is 0.497 e. The molecule has 2 aromatic rings. The summed E-state index contributed by atoms with van der Waals surface area (Å²) < 4.78 is 10.8. The van der Waals surface area contributed by atoms with E-state index in [4.69, 9.17) is 9.47 Å². The molecule has 0 unspecified atom stereocenters. The maximum atomic E-state index is 12.2. The summed E-state index contributed by atoms with van der Waals surface area (Å²) in [5.74, 6) is 2.32. The van der Waals surface area contributed by atoms with Crippen LogP contribution in [0.2, 0.25) is 0 Å². The first-order chi connectivity index (χ1) is 13.0. The molecule has 146 valence electrons. The highest BCUT2D eigenvalue weighted by molar-refractivity contribution is 5.92. The van der Waals surface area contributed by atoms with Gasteiger partial charge in [-0.2, -0.15) is 0 Å². The fraction of sp³-hybridized carbons (Fsp3) is 0.450. The van der Waals surface area contributed by atoms with Crippen LogP contribution in [-0.2, 0) is 0 Å². The van der Waals surface area contributed by atoms with Gasteiger partial charge in [0.25, 0.3) is 5.91 Å². The minimum atomic E-state index is -0.182. The van der Waals surface area contributed by atoms with Gasteiger partial charge in [-0.15, -0.1) is 0 Å². The Morgan fingerprint density at radius 1 is 1.11 bits per heavy atom. The van der Waals surface area contributed by atoms with E-state index in [0.717, 1.165) is 23.6 Å². The molecule has 0 saturated heterocycles. The van der Waals surface area contributed by atoms with Crippen LogP contribution in [0.1, 0.15) is 36.5 Å². The molecule has 0 aliphatic rings. The Morgan fingerprint density at radius 2 is 1.81 bits per heavy atom. The molecule has 0 saturated carbocycles. The van der Waals surface area contributed by atoms with Gasteiger partial charge in [-0.1, -0.05) is 13.8 Å². The lowest BCUT2D eigenvalue weighted by molar-refractivity contribution is 0.0947. The molecule has 1 aromatic carbocycles. The predicted molar refractivity (Wildman–Crippen MR) is 106 cm³/mol. The third kappa shape index (κ3) is 7.13. The molecule has 0 atom stereocenters. The number of anilines is 1. The average molecular weight is 372 g/mol. The van der Waals surface area contributed by atoms with Crippen LogP contribution in [0.15, 0.2) is 30.3 Å². The number of hydrogen-bond acceptors (Lipinski definition) is 6. The van der Waals surface area contributed by atoms with Gasteiger partial charge in [0.1, 0.15) is 23.8 Å². The summed E-state index contributed by atoms with van der Waals surface area (Å²) in [4.78, 5) is 20.8. The number of aryl methyl sites for hydroxylation is 1. The molecule has 0 fully saturated rings. The molecule has 0 bridgehead atoms. The van der Waals surface area contributed by atoms with Crippen LogP contribution >= 0.6 is 0 Å². The first-order valence-corrected chi connectivity index (χ1v) is 9.12. The van der Waals surface area contributed by atoms with Gasteiger partial charge in [-0.3, -0.25) is 4.79 Å². The van der Waals surface area contributed by atoms with Crippen LogP contribution in [0.3, 0.4) is 0 Å². The number of nitrogens with one attached hydrogen (secondary N) is 2. The average Bonchev–Trinajstić information content (AvgIpc) is 2.65. The lowest BCUT2D eigenvalue weighted by Crippen LogP contribution is -2.27. The van der Waals surface area contributed by atoms with Gasteiger partial charge in [0.2, 0.25) is 5.95 Å². The Balaban J connectivity index is 1.83. The Hall–Kier alpha value is -2.83. The van der Waals surface area contributed by atoms with Crippen molar-refractivity contribution in [3.63, 3.8) is 0 Å². The molecule has 2 N–H and O–H groups in total. The molecule has 1 heterocycles. The number of rotatable bonds is 10. The third-order valence-electron chi connectivity index (χ3n) is 3.81. The van der Waals surface area contributed by atoms with Crippen molar-refractivity contribution >= 4 is 11.9 Å². The van der Waals surface area contributed by atoms with Gasteiger partial charge >= 0.3 is 0 Å². The Morgan fingerprint density at radius 3 is 2.48 bits per heavy atom. The summed E-state index contributed by atoms with van der Waals surface area (Å²) in [6.07, 6.45) is 0.934. The third-order valence-corrected chi connectivity index (χ3v) is 3.81. The van der Waals surface area contributed by atoms with E-state index in [0.29, 0.717) is 37.3 Å². The first kappa shape index (κ1) is 20.5. The van der Waals surface area contributed by atoms with Gasteiger partial charge in [0, 0.05) is 12.2 Å². The second-order valence-corrected chi connectivity index (χ2v) is 6.61. The zero-order valence-corrected chi connectivity index (χ0v) is 16.4. The SMILES string of the molecule is COc1ccc(OCCNc2nc(C)cc(C(=O)NCCC(C)C)n2)cc1. The summed E-state index contributed by atoms with van der Waals surface area (Å²) in [7, 11) is 1.63. The van der Waals surface area contributed by atoms with Crippen molar-refractivity contribution in [2.75, 3.05) is 32.1 Å². The zero-order valence-electron chi connectivity index (χ0n) is 16.4. The van der Waals surface area contributed by atoms with E-state index in [2.05, 4.69) is 34.4 Å². The number of nitrogens with zero attached hydrogens (tertiary/aromatic N) is 2. The first-order valence-electron chi connectivity index (χ1n) is 9.12. The van der Waals surface area contributed by atoms with Crippen molar-refractivity contribution in [1.29, 1.82) is 0 Å². The van der Waals surface area contributed by atoms with E-state index >= 15 is 0 Å². The maximum Gasteiger partial charge on any atom is 0.270 e. The normalized spacial score (nSPS) is 10.6. The van der Waals surface area contributed by atoms with Crippen LogP contribution in [0.5, 0.6) is 11.5 Å². The number of carbonyl (C=O) groups is 1. The molecule has 0 aliphatic heterocycles. The highest BCUT2D eigenvalue weighted by atomic mass is 16.5. The Bertz CT molecular complexity index is 733. The van der Waals surface area contributed by atoms with Crippen molar-refractivity contribution in [2.24, 2.45) is 5.92 Å². The smallest absolute Gasteiger partial charge is 0.270 e. The van der Waals surface area contributed by atoms with E-state index in [1.54, 1.807) is 13.2 Å². The fourth-order valence-electron chi connectivity index (χ4n) is 2.33. The van der Waals surface area contributed by atoms with Gasteiger partial charge in [0.15, 0.2) is 0 Å². The van der Waals surface area contributed by atoms with E-state index in [1.807, 2.05) is 31.2 Å². The van der Waals surface area contributed by atoms with Gasteiger partial charge < -0.3 is 20.1 Å². The van der Waals surface area contributed by atoms with Crippen molar-refractivity contribution in [1.82, 2.24) is 15.3 Å². The molecule has 1 aromatic heterocycles. The number of methoxy groups -OCH3 is 1. The van der Waals surface area contributed by atoms with E-state index in [1.165, 1.54) is 0 Å². The van der Waals surface area contributed by atoms with E-state index in [-0.39, 0.29) is 5.91 Å². The van der Waals surface area contributed by atoms with Crippen LogP contribution in [0.25, 0.3) is 0 Å². The highest BCUT2D eigenvalue weighted by Crippen LogP contribution is 2.16. The molecular weight excluding hydrogens is 344 g/mol. The summed E-state index contributed by atoms with van der Waals surface area (Å²) in [5, 5.41) is 5.99. The number of ether oxygens (including phenoxy) is 2. The molecule has 0 radical (unpaired) electrons. The fourth-order valence-corrected chi connectivity index (χ4v) is 2.33. The molecule has 2 rings (SSSR count). The number of aromatic nitrogens is 2. The lowest BCUT2D eigenvalue weighted by Gasteiger charge is -2.10. The molecule has 0 aliphatic carbocycles. The number of amides is 1. The van der Waals surface area contributed by atoms with Gasteiger partial charge in [-0.05, 0) is 49.6 Å². The van der Waals surface area contributed by atoms with Gasteiger partial charge in [-0.25, -0.2) is 9.97 Å². The predicted octanol–water partition coefficient (Wildman–Crippen LogP) is 3.06. The molecule has 27 heavy (non-hydrogen) atoms. The standard InChI is InChI=1S/C20H28N4O3/c1-14(2)9-10-21-19(25)18-13-15(3)23-20(24-18)22-11-12-27-17-7-5-16(26-4)6-8-17/h5-8,13-14H,9-12H2,1-4H3,(H,21,25)(H,22,23,24). The molecule has 7 nitrogen and oxygen atoms in total. The minimum absolute atomic E-state index is 0.182.